The molecule has 1 N–H and O–H groups in total. The summed E-state index contributed by atoms with van der Waals surface area (Å²) in [6, 6.07) is 8.52. The van der Waals surface area contributed by atoms with Gasteiger partial charge in [0.15, 0.2) is 5.78 Å². The van der Waals surface area contributed by atoms with Gasteiger partial charge in [-0.3, -0.25) is 24.2 Å². The minimum atomic E-state index is -2.47. The Bertz CT molecular complexity index is 1200. The Balaban J connectivity index is 1.65. The van der Waals surface area contributed by atoms with Crippen LogP contribution in [-0.2, 0) is 30.1 Å². The summed E-state index contributed by atoms with van der Waals surface area (Å²) in [7, 11) is 1.86. The van der Waals surface area contributed by atoms with E-state index in [1.165, 1.54) is 18.6 Å². The highest BCUT2D eigenvalue weighted by molar-refractivity contribution is 6.66. The second kappa shape index (κ2) is 11.0. The molecular weight excluding hydrogens is 487 g/mol. The SMILES string of the molecule is CC(C)C[C@H](CC(=O)[C@H](Cc1ccccc1)NC(=O)c1cnccn1)[B-]12OC(=O)C[N+]1(C)C[C@@H](C)C(=O)O2. The molecule has 2 aromatic rings. The summed E-state index contributed by atoms with van der Waals surface area (Å²) in [6.45, 7) is 3.79. The summed E-state index contributed by atoms with van der Waals surface area (Å²) in [5.74, 6) is -2.41. The molecule has 11 heteroatoms. The number of carbonyl (C=O) groups is 4. The molecule has 0 spiro atoms. The van der Waals surface area contributed by atoms with E-state index in [9.17, 15) is 19.2 Å². The minimum Gasteiger partial charge on any atom is -0.604 e. The second-order valence-corrected chi connectivity index (χ2v) is 11.2. The van der Waals surface area contributed by atoms with E-state index in [0.29, 0.717) is 13.0 Å². The lowest BCUT2D eigenvalue weighted by molar-refractivity contribution is -0.818. The van der Waals surface area contributed by atoms with Crippen molar-refractivity contribution in [1.82, 2.24) is 15.3 Å². The van der Waals surface area contributed by atoms with Crippen LogP contribution in [0, 0.1) is 11.8 Å². The topological polar surface area (TPSA) is 125 Å². The van der Waals surface area contributed by atoms with E-state index in [0.717, 1.165) is 5.56 Å². The van der Waals surface area contributed by atoms with Crippen molar-refractivity contribution in [2.75, 3.05) is 20.1 Å². The third kappa shape index (κ3) is 5.62. The van der Waals surface area contributed by atoms with Crippen LogP contribution in [0.4, 0.5) is 0 Å². The Morgan fingerprint density at radius 3 is 2.55 bits per heavy atom. The summed E-state index contributed by atoms with van der Waals surface area (Å²) >= 11 is 0. The smallest absolute Gasteiger partial charge is 0.586 e. The number of nitrogens with one attached hydrogen (secondary N) is 1. The van der Waals surface area contributed by atoms with Gasteiger partial charge in [0.05, 0.1) is 24.7 Å². The van der Waals surface area contributed by atoms with Gasteiger partial charge in [-0.05, 0) is 37.1 Å². The van der Waals surface area contributed by atoms with Crippen LogP contribution < -0.4 is 5.32 Å². The van der Waals surface area contributed by atoms with Gasteiger partial charge in [-0.25, -0.2) is 4.98 Å². The van der Waals surface area contributed by atoms with Crippen LogP contribution in [0.25, 0.3) is 0 Å². The van der Waals surface area contributed by atoms with Gasteiger partial charge in [0, 0.05) is 19.4 Å². The monoisotopic (exact) mass is 522 g/mol. The van der Waals surface area contributed by atoms with Crippen molar-refractivity contribution in [2.45, 2.75) is 51.9 Å². The van der Waals surface area contributed by atoms with Crippen LogP contribution in [0.15, 0.2) is 48.9 Å². The van der Waals surface area contributed by atoms with Crippen molar-refractivity contribution >= 4 is 30.3 Å². The quantitative estimate of drug-likeness (QED) is 0.472. The number of Topliss-reactive ketones (excluding diaryl/α,β-unsaturated/α-hetero) is 1. The zero-order chi connectivity index (χ0) is 27.5. The van der Waals surface area contributed by atoms with Gasteiger partial charge in [0.25, 0.3) is 11.9 Å². The van der Waals surface area contributed by atoms with E-state index in [-0.39, 0.29) is 41.2 Å². The molecule has 2 saturated heterocycles. The van der Waals surface area contributed by atoms with E-state index < -0.39 is 42.3 Å². The minimum absolute atomic E-state index is 0.0286. The van der Waals surface area contributed by atoms with Gasteiger partial charge < -0.3 is 19.0 Å². The second-order valence-electron chi connectivity index (χ2n) is 11.2. The highest BCUT2D eigenvalue weighted by Gasteiger charge is 2.67. The number of rotatable bonds is 10. The van der Waals surface area contributed by atoms with Gasteiger partial charge in [-0.2, -0.15) is 0 Å². The molecule has 0 aliphatic carbocycles. The number of aromatic nitrogens is 2. The predicted molar refractivity (Wildman–Crippen MR) is 139 cm³/mol. The number of amides is 1. The van der Waals surface area contributed by atoms with Crippen molar-refractivity contribution in [3.63, 3.8) is 0 Å². The van der Waals surface area contributed by atoms with E-state index in [2.05, 4.69) is 15.3 Å². The standard InChI is InChI=1S/C27H35BN4O6/c1-18(2)12-21(28-32(4,17-25(34)37-28)16-19(3)27(36)38-28)14-24(33)22(13-20-8-6-5-7-9-20)31-26(35)23-15-29-10-11-30-23/h5-11,15,18-19,21-22H,12-14,16-17H2,1-4H3,(H,31,35)/t19-,21-,22+,28?,32?/m1/s1. The lowest BCUT2D eigenvalue weighted by atomic mass is 9.50. The predicted octanol–water partition coefficient (Wildman–Crippen LogP) is 2.33. The molecular formula is C27H35BN4O6. The first-order valence-electron chi connectivity index (χ1n) is 13.1. The molecule has 202 valence electrons. The molecule has 1 aromatic carbocycles. The largest absolute Gasteiger partial charge is 0.604 e. The maximum atomic E-state index is 13.9. The zero-order valence-corrected chi connectivity index (χ0v) is 22.3. The third-order valence-electron chi connectivity index (χ3n) is 7.64. The summed E-state index contributed by atoms with van der Waals surface area (Å²) in [5, 5.41) is 2.83. The maximum Gasteiger partial charge on any atom is 0.586 e. The van der Waals surface area contributed by atoms with Gasteiger partial charge in [0.2, 0.25) is 0 Å². The van der Waals surface area contributed by atoms with Gasteiger partial charge in [-0.15, -0.1) is 0 Å². The average Bonchev–Trinajstić information content (AvgIpc) is 3.13. The van der Waals surface area contributed by atoms with Crippen LogP contribution in [0.5, 0.6) is 0 Å². The molecule has 4 rings (SSSR count). The van der Waals surface area contributed by atoms with Gasteiger partial charge in [0.1, 0.15) is 12.2 Å². The molecule has 1 amide bonds. The van der Waals surface area contributed by atoms with E-state index in [1.54, 1.807) is 6.92 Å². The van der Waals surface area contributed by atoms with Crippen LogP contribution in [0.2, 0.25) is 5.82 Å². The number of nitrogens with zero attached hydrogens (tertiary/aromatic N) is 3. The normalized spacial score (nSPS) is 26.2. The molecule has 10 nitrogen and oxygen atoms in total. The Hall–Kier alpha value is -3.60. The zero-order valence-electron chi connectivity index (χ0n) is 22.3. The van der Waals surface area contributed by atoms with E-state index in [4.69, 9.17) is 9.31 Å². The molecule has 2 unspecified atom stereocenters. The Kier molecular flexibility index (Phi) is 7.96. The third-order valence-corrected chi connectivity index (χ3v) is 7.64. The number of carbonyl (C=O) groups excluding carboxylic acids is 4. The lowest BCUT2D eigenvalue weighted by Gasteiger charge is -2.56. The van der Waals surface area contributed by atoms with Crippen molar-refractivity contribution in [1.29, 1.82) is 0 Å². The molecule has 5 atom stereocenters. The molecule has 2 aliphatic rings. The molecule has 38 heavy (non-hydrogen) atoms. The van der Waals surface area contributed by atoms with Crippen LogP contribution in [0.1, 0.15) is 49.7 Å². The number of hydrogen-bond acceptors (Lipinski definition) is 8. The number of quaternary nitrogens is 1. The van der Waals surface area contributed by atoms with Gasteiger partial charge >= 0.3 is 12.7 Å². The average molecular weight is 522 g/mol. The summed E-state index contributed by atoms with van der Waals surface area (Å²) in [5.41, 5.74) is 0.976. The molecule has 0 saturated carbocycles. The maximum absolute atomic E-state index is 13.9. The number of likely N-dealkylation sites (N-methyl/N-ethyl adjacent to an activating group) is 1. The Morgan fingerprint density at radius 1 is 1.16 bits per heavy atom. The fourth-order valence-electron chi connectivity index (χ4n) is 5.98. The Morgan fingerprint density at radius 2 is 1.89 bits per heavy atom. The van der Waals surface area contributed by atoms with Crippen molar-refractivity contribution in [3.8, 4) is 0 Å². The van der Waals surface area contributed by atoms with Crippen molar-refractivity contribution < 1.29 is 32.9 Å². The number of hydrogen-bond donors (Lipinski definition) is 1. The lowest BCUT2D eigenvalue weighted by Crippen LogP contribution is -2.73. The molecule has 2 fully saturated rings. The van der Waals surface area contributed by atoms with Crippen molar-refractivity contribution in [2.24, 2.45) is 11.8 Å². The van der Waals surface area contributed by atoms with Crippen LogP contribution in [-0.4, -0.2) is 70.9 Å². The highest BCUT2D eigenvalue weighted by Crippen LogP contribution is 2.46. The summed E-state index contributed by atoms with van der Waals surface area (Å²) in [6.07, 6.45) is 4.96. The number of fused-ring (bicyclic) bond motifs is 1. The Labute approximate surface area is 222 Å². The fourth-order valence-corrected chi connectivity index (χ4v) is 5.98. The first-order chi connectivity index (χ1) is 18.0. The highest BCUT2D eigenvalue weighted by atomic mass is 16.7. The number of benzene rings is 1. The summed E-state index contributed by atoms with van der Waals surface area (Å²) in [4.78, 5) is 60.3. The first kappa shape index (κ1) is 27.4. The van der Waals surface area contributed by atoms with Crippen LogP contribution in [0.3, 0.4) is 0 Å². The fraction of sp³-hybridized carbons (Fsp3) is 0.481. The summed E-state index contributed by atoms with van der Waals surface area (Å²) < 4.78 is 12.0. The molecule has 2 aliphatic heterocycles. The molecule has 0 bridgehead atoms. The molecule has 3 heterocycles. The molecule has 1 aromatic heterocycles. The van der Waals surface area contributed by atoms with E-state index >= 15 is 0 Å². The first-order valence-corrected chi connectivity index (χ1v) is 13.1. The van der Waals surface area contributed by atoms with E-state index in [1.807, 2.05) is 51.2 Å². The molecule has 0 radical (unpaired) electrons. The van der Waals surface area contributed by atoms with Crippen LogP contribution >= 0.6 is 0 Å². The number of ketones is 1. The van der Waals surface area contributed by atoms with Crippen molar-refractivity contribution in [3.05, 3.63) is 60.2 Å². The van der Waals surface area contributed by atoms with Gasteiger partial charge in [-0.1, -0.05) is 50.6 Å².